The zero-order chi connectivity index (χ0) is 26.8. The van der Waals surface area contributed by atoms with Gasteiger partial charge in [-0.2, -0.15) is 0 Å². The molecule has 6 rings (SSSR count). The van der Waals surface area contributed by atoms with E-state index in [-0.39, 0.29) is 28.0 Å². The van der Waals surface area contributed by atoms with Crippen LogP contribution in [0.15, 0.2) is 88.1 Å². The summed E-state index contributed by atoms with van der Waals surface area (Å²) in [4.78, 5) is 41.9. The minimum Gasteiger partial charge on any atom is -0.493 e. The minimum atomic E-state index is -0.776. The van der Waals surface area contributed by atoms with E-state index in [4.69, 9.17) is 9.15 Å². The average Bonchev–Trinajstić information content (AvgIpc) is 3.19. The summed E-state index contributed by atoms with van der Waals surface area (Å²) in [6, 6.07) is 22.8. The Hall–Kier alpha value is -4.45. The Balaban J connectivity index is 1.51. The van der Waals surface area contributed by atoms with E-state index < -0.39 is 16.9 Å². The summed E-state index contributed by atoms with van der Waals surface area (Å²) < 4.78 is 10.7. The number of amides is 1. The highest BCUT2D eigenvalue weighted by molar-refractivity contribution is 6.36. The maximum absolute atomic E-state index is 13.9. The molecule has 0 radical (unpaired) electrons. The van der Waals surface area contributed by atoms with Gasteiger partial charge >= 0.3 is 5.63 Å². The molecule has 2 aliphatic heterocycles. The van der Waals surface area contributed by atoms with Crippen LogP contribution < -0.4 is 15.3 Å². The average molecular weight is 506 g/mol. The van der Waals surface area contributed by atoms with Crippen molar-refractivity contribution >= 4 is 33.9 Å². The summed E-state index contributed by atoms with van der Waals surface area (Å²) in [6.45, 7) is 6.33. The van der Waals surface area contributed by atoms with Gasteiger partial charge in [-0.3, -0.25) is 9.59 Å². The molecule has 1 unspecified atom stereocenters. The number of rotatable bonds is 4. The van der Waals surface area contributed by atoms with Crippen molar-refractivity contribution in [2.24, 2.45) is 0 Å². The second kappa shape index (κ2) is 8.28. The molecule has 4 aromatic rings. The fraction of sp³-hybridized carbons (Fsp3) is 0.219. The van der Waals surface area contributed by atoms with Gasteiger partial charge in [0, 0.05) is 21.9 Å². The van der Waals surface area contributed by atoms with E-state index in [1.54, 1.807) is 18.2 Å². The van der Waals surface area contributed by atoms with Crippen molar-refractivity contribution in [2.45, 2.75) is 38.1 Å². The Bertz CT molecular complexity index is 1730. The second-order valence-electron chi connectivity index (χ2n) is 10.8. The quantitative estimate of drug-likeness (QED) is 0.196. The second-order valence-corrected chi connectivity index (χ2v) is 10.8. The largest absolute Gasteiger partial charge is 0.493 e. The van der Waals surface area contributed by atoms with Crippen molar-refractivity contribution in [1.29, 1.82) is 0 Å². The molecule has 190 valence electrons. The zero-order valence-corrected chi connectivity index (χ0v) is 21.7. The van der Waals surface area contributed by atoms with E-state index in [1.807, 2.05) is 35.2 Å². The lowest BCUT2D eigenvalue weighted by atomic mass is 9.65. The molecule has 1 amide bonds. The number of nitrogens with zero attached hydrogens (tertiary/aromatic N) is 1. The van der Waals surface area contributed by atoms with Crippen LogP contribution in [0.1, 0.15) is 54.2 Å². The van der Waals surface area contributed by atoms with Crippen LogP contribution in [0.2, 0.25) is 0 Å². The van der Waals surface area contributed by atoms with Crippen LogP contribution in [0.5, 0.6) is 5.75 Å². The highest BCUT2D eigenvalue weighted by atomic mass is 16.5. The normalized spacial score (nSPS) is 20.6. The summed E-state index contributed by atoms with van der Waals surface area (Å²) in [6.07, 6.45) is 1.99. The first kappa shape index (κ1) is 23.9. The molecule has 0 spiro atoms. The van der Waals surface area contributed by atoms with Gasteiger partial charge in [-0.1, -0.05) is 67.6 Å². The summed E-state index contributed by atoms with van der Waals surface area (Å²) in [5.41, 5.74) is 2.54. The number of hydrogen-bond donors (Lipinski definition) is 0. The monoisotopic (exact) mass is 505 g/mol. The van der Waals surface area contributed by atoms with E-state index in [2.05, 4.69) is 39.0 Å². The number of allylic oxidation sites excluding steroid dienone is 1. The molecule has 3 aromatic carbocycles. The molecule has 0 N–H and O–H groups in total. The van der Waals surface area contributed by atoms with Crippen LogP contribution in [0.25, 0.3) is 16.5 Å². The molecule has 38 heavy (non-hydrogen) atoms. The molecular formula is C32H27NO5. The van der Waals surface area contributed by atoms with E-state index in [0.717, 1.165) is 11.3 Å². The van der Waals surface area contributed by atoms with Crippen LogP contribution in [0.3, 0.4) is 0 Å². The van der Waals surface area contributed by atoms with Crippen LogP contribution in [-0.2, 0) is 10.2 Å². The van der Waals surface area contributed by atoms with Gasteiger partial charge in [-0.25, -0.2) is 4.79 Å². The Morgan fingerprint density at radius 2 is 1.71 bits per heavy atom. The van der Waals surface area contributed by atoms with E-state index >= 15 is 0 Å². The first-order chi connectivity index (χ1) is 18.2. The van der Waals surface area contributed by atoms with Crippen LogP contribution in [-0.4, -0.2) is 24.3 Å². The maximum Gasteiger partial charge on any atom is 0.347 e. The van der Waals surface area contributed by atoms with Gasteiger partial charge in [0.1, 0.15) is 5.56 Å². The highest BCUT2D eigenvalue weighted by Gasteiger charge is 2.52. The fourth-order valence-electron chi connectivity index (χ4n) is 6.26. The molecule has 0 saturated carbocycles. The molecule has 1 aromatic heterocycles. The van der Waals surface area contributed by atoms with E-state index in [1.165, 1.54) is 24.8 Å². The first-order valence-corrected chi connectivity index (χ1v) is 12.6. The van der Waals surface area contributed by atoms with Crippen molar-refractivity contribution < 1.29 is 18.7 Å². The predicted molar refractivity (Wildman–Crippen MR) is 147 cm³/mol. The molecule has 6 heteroatoms. The molecule has 6 nitrogen and oxygen atoms in total. The molecular weight excluding hydrogens is 478 g/mol. The summed E-state index contributed by atoms with van der Waals surface area (Å²) in [5, 5.41) is 0.561. The third kappa shape index (κ3) is 3.36. The van der Waals surface area contributed by atoms with Gasteiger partial charge in [0.05, 0.1) is 18.4 Å². The van der Waals surface area contributed by atoms with Crippen LogP contribution in [0.4, 0.5) is 5.69 Å². The Morgan fingerprint density at radius 1 is 0.974 bits per heavy atom. The summed E-state index contributed by atoms with van der Waals surface area (Å²) in [5.74, 6) is -0.414. The van der Waals surface area contributed by atoms with Crippen molar-refractivity contribution in [2.75, 3.05) is 12.0 Å². The molecule has 0 fully saturated rings. The van der Waals surface area contributed by atoms with Crippen molar-refractivity contribution in [3.63, 3.8) is 0 Å². The number of hydrogen-bond acceptors (Lipinski definition) is 5. The standard InChI is InChI=1S/C32H27NO5/c1-31(2)18-32(3,20-11-6-5-7-12-20)24-14-9-13-21-22(29(35)33(31)27(21)24)17-25(34)23-16-19-10-8-15-26(37-4)28(19)38-30(23)36/h5-17H,18H2,1-4H3. The Labute approximate surface area is 220 Å². The van der Waals surface area contributed by atoms with Crippen molar-refractivity contribution in [3.8, 4) is 5.75 Å². The summed E-state index contributed by atoms with van der Waals surface area (Å²) in [7, 11) is 1.48. The number of anilines is 1. The molecule has 2 aliphatic rings. The first-order valence-electron chi connectivity index (χ1n) is 12.6. The van der Waals surface area contributed by atoms with E-state index in [9.17, 15) is 14.4 Å². The molecule has 3 heterocycles. The summed E-state index contributed by atoms with van der Waals surface area (Å²) >= 11 is 0. The van der Waals surface area contributed by atoms with Gasteiger partial charge in [0.15, 0.2) is 17.1 Å². The topological polar surface area (TPSA) is 76.8 Å². The maximum atomic E-state index is 13.9. The fourth-order valence-corrected chi connectivity index (χ4v) is 6.26. The van der Waals surface area contributed by atoms with Gasteiger partial charge in [0.2, 0.25) is 0 Å². The Morgan fingerprint density at radius 3 is 2.45 bits per heavy atom. The number of ether oxygens (including phenoxy) is 1. The van der Waals surface area contributed by atoms with Crippen LogP contribution >= 0.6 is 0 Å². The zero-order valence-electron chi connectivity index (χ0n) is 21.7. The number of methoxy groups -OCH3 is 1. The van der Waals surface area contributed by atoms with E-state index in [0.29, 0.717) is 23.1 Å². The number of para-hydroxylation sites is 2. The lowest BCUT2D eigenvalue weighted by Crippen LogP contribution is -2.54. The Kier molecular flexibility index (Phi) is 5.21. The van der Waals surface area contributed by atoms with Gasteiger partial charge < -0.3 is 14.1 Å². The number of ketones is 1. The molecule has 1 atom stereocenters. The number of carbonyl (C=O) groups excluding carboxylic acids is 2. The third-order valence-electron chi connectivity index (χ3n) is 7.86. The third-order valence-corrected chi connectivity index (χ3v) is 7.86. The minimum absolute atomic E-state index is 0.134. The van der Waals surface area contributed by atoms with Crippen LogP contribution in [0, 0.1) is 0 Å². The predicted octanol–water partition coefficient (Wildman–Crippen LogP) is 5.90. The lowest BCUT2D eigenvalue weighted by molar-refractivity contribution is -0.114. The SMILES string of the molecule is COc1cccc2cc(C(=O)C=C3C(=O)N4c5c3cccc5C(C)(c3ccccc3)CC4(C)C)c(=O)oc12. The highest BCUT2D eigenvalue weighted by Crippen LogP contribution is 2.55. The molecule has 0 aliphatic carbocycles. The lowest BCUT2D eigenvalue weighted by Gasteiger charge is -2.49. The molecule has 0 bridgehead atoms. The molecule has 0 saturated heterocycles. The van der Waals surface area contributed by atoms with Crippen molar-refractivity contribution in [3.05, 3.63) is 112 Å². The smallest absolute Gasteiger partial charge is 0.347 e. The van der Waals surface area contributed by atoms with Crippen molar-refractivity contribution in [1.82, 2.24) is 0 Å². The van der Waals surface area contributed by atoms with Gasteiger partial charge in [-0.05, 0) is 49.6 Å². The number of benzene rings is 3. The van der Waals surface area contributed by atoms with Gasteiger partial charge in [-0.15, -0.1) is 0 Å². The number of carbonyl (C=O) groups is 2. The van der Waals surface area contributed by atoms with Gasteiger partial charge in [0.25, 0.3) is 5.91 Å². The number of fused-ring (bicyclic) bond motifs is 1.